The minimum absolute atomic E-state index is 0.0279. The summed E-state index contributed by atoms with van der Waals surface area (Å²) in [6.45, 7) is 6.77. The molecular formula is C21H23N5OS. The zero-order valence-electron chi connectivity index (χ0n) is 16.4. The van der Waals surface area contributed by atoms with Gasteiger partial charge in [-0.05, 0) is 45.5 Å². The van der Waals surface area contributed by atoms with Gasteiger partial charge in [-0.1, -0.05) is 18.2 Å². The van der Waals surface area contributed by atoms with Crippen molar-refractivity contribution in [1.29, 1.82) is 0 Å². The molecule has 0 fully saturated rings. The van der Waals surface area contributed by atoms with Gasteiger partial charge >= 0.3 is 0 Å². The van der Waals surface area contributed by atoms with Gasteiger partial charge in [0.15, 0.2) is 0 Å². The molecule has 4 rings (SSSR count). The first-order chi connectivity index (χ1) is 13.4. The number of thiophene rings is 1. The van der Waals surface area contributed by atoms with E-state index in [-0.39, 0.29) is 11.6 Å². The van der Waals surface area contributed by atoms with Crippen molar-refractivity contribution < 1.29 is 0 Å². The minimum Gasteiger partial charge on any atom is -0.309 e. The molecule has 1 N–H and O–H groups in total. The fourth-order valence-electron chi connectivity index (χ4n) is 3.27. The van der Waals surface area contributed by atoms with Crippen molar-refractivity contribution in [1.82, 2.24) is 24.6 Å². The summed E-state index contributed by atoms with van der Waals surface area (Å²) in [5, 5.41) is 5.17. The van der Waals surface area contributed by atoms with Crippen LogP contribution in [0.2, 0.25) is 0 Å². The average molecular weight is 394 g/mol. The number of hydrogen-bond donors (Lipinski definition) is 1. The van der Waals surface area contributed by atoms with Gasteiger partial charge < -0.3 is 4.98 Å². The Morgan fingerprint density at radius 2 is 2.00 bits per heavy atom. The lowest BCUT2D eigenvalue weighted by Crippen LogP contribution is -2.25. The first-order valence-corrected chi connectivity index (χ1v) is 10.0. The van der Waals surface area contributed by atoms with Gasteiger partial charge in [0.2, 0.25) is 0 Å². The summed E-state index contributed by atoms with van der Waals surface area (Å²) in [7, 11) is 2.03. The predicted octanol–water partition coefficient (Wildman–Crippen LogP) is 3.98. The fourth-order valence-corrected chi connectivity index (χ4v) is 4.30. The molecule has 0 aliphatic rings. The molecule has 3 aromatic heterocycles. The number of H-pyrrole nitrogens is 1. The number of aromatic amines is 1. The van der Waals surface area contributed by atoms with Crippen molar-refractivity contribution >= 4 is 21.6 Å². The third-order valence-corrected chi connectivity index (χ3v) is 6.30. The topological polar surface area (TPSA) is 66.8 Å². The van der Waals surface area contributed by atoms with Crippen LogP contribution in [-0.4, -0.2) is 31.7 Å². The Morgan fingerprint density at radius 3 is 2.75 bits per heavy atom. The molecule has 4 aromatic rings. The van der Waals surface area contributed by atoms with E-state index in [0.717, 1.165) is 26.5 Å². The summed E-state index contributed by atoms with van der Waals surface area (Å²) >= 11 is 1.58. The normalized spacial score (nSPS) is 12.8. The van der Waals surface area contributed by atoms with Gasteiger partial charge in [0.25, 0.3) is 5.56 Å². The second-order valence-electron chi connectivity index (χ2n) is 7.13. The highest BCUT2D eigenvalue weighted by molar-refractivity contribution is 7.18. The Hall–Kier alpha value is -2.77. The molecule has 28 heavy (non-hydrogen) atoms. The monoisotopic (exact) mass is 393 g/mol. The lowest BCUT2D eigenvalue weighted by molar-refractivity contribution is 0.244. The van der Waals surface area contributed by atoms with Crippen LogP contribution in [0.5, 0.6) is 0 Å². The molecule has 0 spiro atoms. The van der Waals surface area contributed by atoms with Crippen molar-refractivity contribution in [3.63, 3.8) is 0 Å². The van der Waals surface area contributed by atoms with E-state index in [1.165, 1.54) is 0 Å². The number of benzene rings is 1. The van der Waals surface area contributed by atoms with Gasteiger partial charge in [0.05, 0.1) is 23.3 Å². The van der Waals surface area contributed by atoms with E-state index >= 15 is 0 Å². The maximum atomic E-state index is 12.6. The van der Waals surface area contributed by atoms with E-state index in [2.05, 4.69) is 21.9 Å². The highest BCUT2D eigenvalue weighted by atomic mass is 32.1. The maximum Gasteiger partial charge on any atom is 0.259 e. The fraction of sp³-hybridized carbons (Fsp3) is 0.286. The summed E-state index contributed by atoms with van der Waals surface area (Å²) in [5.41, 5.74) is 3.10. The molecular weight excluding hydrogens is 370 g/mol. The molecule has 0 aliphatic carbocycles. The predicted molar refractivity (Wildman–Crippen MR) is 113 cm³/mol. The molecule has 0 aliphatic heterocycles. The standard InChI is InChI=1S/C21H23N5OS/c1-13-15(3)28-21-18(13)20(27)23-19(24-21)14(2)25(4)11-16-10-22-26(12-16)17-8-6-5-7-9-17/h5-10,12,14H,11H2,1-4H3,(H,23,24,27). The van der Waals surface area contributed by atoms with E-state index in [9.17, 15) is 4.79 Å². The molecule has 0 bridgehead atoms. The molecule has 1 aromatic carbocycles. The van der Waals surface area contributed by atoms with Gasteiger partial charge in [0, 0.05) is 23.2 Å². The van der Waals surface area contributed by atoms with E-state index in [1.807, 2.05) is 68.3 Å². The Morgan fingerprint density at radius 1 is 1.25 bits per heavy atom. The van der Waals surface area contributed by atoms with Crippen LogP contribution in [0.4, 0.5) is 0 Å². The van der Waals surface area contributed by atoms with Crippen LogP contribution in [-0.2, 0) is 6.54 Å². The zero-order valence-corrected chi connectivity index (χ0v) is 17.2. The van der Waals surface area contributed by atoms with E-state index in [4.69, 9.17) is 4.98 Å². The molecule has 1 unspecified atom stereocenters. The number of aromatic nitrogens is 4. The number of nitrogens with one attached hydrogen (secondary N) is 1. The lowest BCUT2D eigenvalue weighted by Gasteiger charge is -2.23. The van der Waals surface area contributed by atoms with Crippen LogP contribution in [0.15, 0.2) is 47.5 Å². The number of rotatable bonds is 5. The summed E-state index contributed by atoms with van der Waals surface area (Å²) in [6.07, 6.45) is 3.91. The number of fused-ring (bicyclic) bond motifs is 1. The number of aryl methyl sites for hydroxylation is 2. The van der Waals surface area contributed by atoms with Gasteiger partial charge in [-0.3, -0.25) is 9.69 Å². The summed E-state index contributed by atoms with van der Waals surface area (Å²) < 4.78 is 1.87. The van der Waals surface area contributed by atoms with E-state index in [0.29, 0.717) is 17.8 Å². The van der Waals surface area contributed by atoms with Crippen LogP contribution in [0.3, 0.4) is 0 Å². The summed E-state index contributed by atoms with van der Waals surface area (Å²) in [6, 6.07) is 10.0. The molecule has 0 saturated heterocycles. The largest absolute Gasteiger partial charge is 0.309 e. The van der Waals surface area contributed by atoms with Gasteiger partial charge in [-0.2, -0.15) is 5.10 Å². The second kappa shape index (κ2) is 7.33. The van der Waals surface area contributed by atoms with Crippen LogP contribution < -0.4 is 5.56 Å². The van der Waals surface area contributed by atoms with Crippen LogP contribution in [0.25, 0.3) is 15.9 Å². The van der Waals surface area contributed by atoms with E-state index < -0.39 is 0 Å². The van der Waals surface area contributed by atoms with Gasteiger partial charge in [-0.25, -0.2) is 9.67 Å². The molecule has 6 nitrogen and oxygen atoms in total. The van der Waals surface area contributed by atoms with Gasteiger partial charge in [0.1, 0.15) is 10.7 Å². The smallest absolute Gasteiger partial charge is 0.259 e. The molecule has 144 valence electrons. The highest BCUT2D eigenvalue weighted by Gasteiger charge is 2.19. The second-order valence-corrected chi connectivity index (χ2v) is 8.34. The first kappa shape index (κ1) is 18.6. The molecule has 1 atom stereocenters. The number of hydrogen-bond acceptors (Lipinski definition) is 5. The molecule has 3 heterocycles. The third-order valence-electron chi connectivity index (χ3n) is 5.20. The zero-order chi connectivity index (χ0) is 19.8. The Kier molecular flexibility index (Phi) is 4.87. The highest BCUT2D eigenvalue weighted by Crippen LogP contribution is 2.27. The van der Waals surface area contributed by atoms with Crippen LogP contribution in [0.1, 0.15) is 34.8 Å². The first-order valence-electron chi connectivity index (χ1n) is 9.23. The van der Waals surface area contributed by atoms with Gasteiger partial charge in [-0.15, -0.1) is 11.3 Å². The molecule has 0 saturated carbocycles. The van der Waals surface area contributed by atoms with E-state index in [1.54, 1.807) is 11.3 Å². The third kappa shape index (κ3) is 3.39. The quantitative estimate of drug-likeness (QED) is 0.557. The molecule has 0 amide bonds. The van der Waals surface area contributed by atoms with Crippen LogP contribution in [0, 0.1) is 13.8 Å². The Labute approximate surface area is 167 Å². The summed E-state index contributed by atoms with van der Waals surface area (Å²) in [5.74, 6) is 0.691. The Bertz CT molecular complexity index is 1170. The van der Waals surface area contributed by atoms with Crippen molar-refractivity contribution in [3.8, 4) is 5.69 Å². The Balaban J connectivity index is 1.55. The maximum absolute atomic E-state index is 12.6. The van der Waals surface area contributed by atoms with Crippen molar-refractivity contribution in [2.45, 2.75) is 33.4 Å². The van der Waals surface area contributed by atoms with Crippen molar-refractivity contribution in [2.75, 3.05) is 7.05 Å². The average Bonchev–Trinajstić information content (AvgIpc) is 3.26. The van der Waals surface area contributed by atoms with Crippen molar-refractivity contribution in [2.24, 2.45) is 0 Å². The van der Waals surface area contributed by atoms with Crippen LogP contribution >= 0.6 is 11.3 Å². The number of para-hydroxylation sites is 1. The molecule has 0 radical (unpaired) electrons. The minimum atomic E-state index is -0.0565. The SMILES string of the molecule is Cc1sc2nc(C(C)N(C)Cc3cnn(-c4ccccc4)c3)[nH]c(=O)c2c1C. The summed E-state index contributed by atoms with van der Waals surface area (Å²) in [4.78, 5) is 24.4. The number of nitrogens with zero attached hydrogens (tertiary/aromatic N) is 4. The van der Waals surface area contributed by atoms with Crippen molar-refractivity contribution in [3.05, 3.63) is 74.9 Å². The lowest BCUT2D eigenvalue weighted by atomic mass is 10.2. The molecule has 7 heteroatoms.